The van der Waals surface area contributed by atoms with Crippen LogP contribution in [-0.4, -0.2) is 7.11 Å². The Morgan fingerprint density at radius 3 is 2.86 bits per heavy atom. The van der Waals surface area contributed by atoms with Crippen LogP contribution in [-0.2, 0) is 6.42 Å². The Morgan fingerprint density at radius 2 is 2.21 bits per heavy atom. The third kappa shape index (κ3) is 1.51. The standard InChI is InChI=1S/C11H12OS2/c1-3-9-11(12-2)8-5-4-7(13)6-10(8)14-9/h4-6,13H,3H2,1-2H3. The number of aryl methyl sites for hydroxylation is 1. The van der Waals surface area contributed by atoms with Gasteiger partial charge in [-0.05, 0) is 24.6 Å². The van der Waals surface area contributed by atoms with Crippen molar-refractivity contribution in [3.63, 3.8) is 0 Å². The van der Waals surface area contributed by atoms with Gasteiger partial charge in [0.25, 0.3) is 0 Å². The van der Waals surface area contributed by atoms with Crippen molar-refractivity contribution in [1.82, 2.24) is 0 Å². The van der Waals surface area contributed by atoms with E-state index < -0.39 is 0 Å². The number of methoxy groups -OCH3 is 1. The van der Waals surface area contributed by atoms with E-state index >= 15 is 0 Å². The van der Waals surface area contributed by atoms with Gasteiger partial charge in [0.05, 0.1) is 7.11 Å². The van der Waals surface area contributed by atoms with E-state index in [1.807, 2.05) is 6.07 Å². The number of hydrogen-bond donors (Lipinski definition) is 1. The van der Waals surface area contributed by atoms with Crippen LogP contribution in [0.4, 0.5) is 0 Å². The molecule has 0 aliphatic carbocycles. The van der Waals surface area contributed by atoms with Crippen molar-refractivity contribution in [3.8, 4) is 5.75 Å². The van der Waals surface area contributed by atoms with Gasteiger partial charge in [0.1, 0.15) is 5.75 Å². The third-order valence-electron chi connectivity index (χ3n) is 2.22. The summed E-state index contributed by atoms with van der Waals surface area (Å²) < 4.78 is 6.67. The highest BCUT2D eigenvalue weighted by Gasteiger charge is 2.10. The first kappa shape index (κ1) is 9.87. The average molecular weight is 224 g/mol. The van der Waals surface area contributed by atoms with Crippen molar-refractivity contribution in [2.24, 2.45) is 0 Å². The quantitative estimate of drug-likeness (QED) is 0.764. The van der Waals surface area contributed by atoms with Crippen LogP contribution in [0.3, 0.4) is 0 Å². The van der Waals surface area contributed by atoms with Gasteiger partial charge in [0.2, 0.25) is 0 Å². The molecule has 0 atom stereocenters. The van der Waals surface area contributed by atoms with Crippen LogP contribution in [0.25, 0.3) is 10.1 Å². The summed E-state index contributed by atoms with van der Waals surface area (Å²) in [5, 5.41) is 1.20. The first-order chi connectivity index (χ1) is 6.76. The van der Waals surface area contributed by atoms with Gasteiger partial charge in [-0.1, -0.05) is 6.92 Å². The van der Waals surface area contributed by atoms with Crippen LogP contribution < -0.4 is 4.74 Å². The monoisotopic (exact) mass is 224 g/mol. The predicted molar refractivity (Wildman–Crippen MR) is 65.0 cm³/mol. The highest BCUT2D eigenvalue weighted by atomic mass is 32.1. The summed E-state index contributed by atoms with van der Waals surface area (Å²) in [5.74, 6) is 1.03. The zero-order valence-corrected chi connectivity index (χ0v) is 9.91. The van der Waals surface area contributed by atoms with E-state index in [0.29, 0.717) is 0 Å². The van der Waals surface area contributed by atoms with Crippen molar-refractivity contribution < 1.29 is 4.74 Å². The summed E-state index contributed by atoms with van der Waals surface area (Å²) in [7, 11) is 1.73. The molecule has 3 heteroatoms. The Kier molecular flexibility index (Phi) is 2.70. The lowest BCUT2D eigenvalue weighted by atomic mass is 10.2. The largest absolute Gasteiger partial charge is 0.495 e. The minimum absolute atomic E-state index is 1.00. The maximum absolute atomic E-state index is 5.41. The molecule has 0 amide bonds. The smallest absolute Gasteiger partial charge is 0.140 e. The summed E-state index contributed by atoms with van der Waals surface area (Å²) in [4.78, 5) is 2.31. The Balaban J connectivity index is 2.73. The SMILES string of the molecule is CCc1sc2cc(S)ccc2c1OC. The molecule has 0 aliphatic rings. The highest BCUT2D eigenvalue weighted by Crippen LogP contribution is 2.38. The van der Waals surface area contributed by atoms with Crippen LogP contribution in [0.5, 0.6) is 5.75 Å². The number of benzene rings is 1. The van der Waals surface area contributed by atoms with E-state index in [1.54, 1.807) is 18.4 Å². The molecule has 1 nitrogen and oxygen atoms in total. The molecule has 0 aliphatic heterocycles. The number of rotatable bonds is 2. The van der Waals surface area contributed by atoms with E-state index in [0.717, 1.165) is 17.1 Å². The van der Waals surface area contributed by atoms with E-state index in [-0.39, 0.29) is 0 Å². The molecule has 74 valence electrons. The second-order valence-corrected chi connectivity index (χ2v) is 4.75. The van der Waals surface area contributed by atoms with E-state index in [9.17, 15) is 0 Å². The van der Waals surface area contributed by atoms with Crippen molar-refractivity contribution in [2.45, 2.75) is 18.2 Å². The molecule has 0 radical (unpaired) electrons. The van der Waals surface area contributed by atoms with Crippen molar-refractivity contribution in [1.29, 1.82) is 0 Å². The molecule has 0 saturated heterocycles. The number of ether oxygens (including phenoxy) is 1. The predicted octanol–water partition coefficient (Wildman–Crippen LogP) is 3.76. The maximum atomic E-state index is 5.41. The molecular formula is C11H12OS2. The molecule has 1 aromatic heterocycles. The molecule has 0 bridgehead atoms. The summed E-state index contributed by atoms with van der Waals surface area (Å²) in [6.07, 6.45) is 1.02. The molecule has 0 fully saturated rings. The Morgan fingerprint density at radius 1 is 1.43 bits per heavy atom. The fourth-order valence-electron chi connectivity index (χ4n) is 1.57. The fourth-order valence-corrected chi connectivity index (χ4v) is 3.01. The van der Waals surface area contributed by atoms with Crippen LogP contribution >= 0.6 is 24.0 Å². The number of fused-ring (bicyclic) bond motifs is 1. The topological polar surface area (TPSA) is 9.23 Å². The van der Waals surface area contributed by atoms with Gasteiger partial charge in [-0.25, -0.2) is 0 Å². The second kappa shape index (κ2) is 3.83. The van der Waals surface area contributed by atoms with Gasteiger partial charge in [0, 0.05) is 19.9 Å². The number of thiol groups is 1. The average Bonchev–Trinajstić information content (AvgIpc) is 2.54. The Hall–Kier alpha value is -0.670. The molecule has 2 aromatic rings. The van der Waals surface area contributed by atoms with E-state index in [4.69, 9.17) is 4.74 Å². The molecule has 0 N–H and O–H groups in total. The van der Waals surface area contributed by atoms with Gasteiger partial charge >= 0.3 is 0 Å². The van der Waals surface area contributed by atoms with Crippen LogP contribution in [0.2, 0.25) is 0 Å². The fraction of sp³-hybridized carbons (Fsp3) is 0.273. The zero-order valence-electron chi connectivity index (χ0n) is 8.20. The lowest BCUT2D eigenvalue weighted by Crippen LogP contribution is -1.84. The molecule has 0 unspecified atom stereocenters. The summed E-state index contributed by atoms with van der Waals surface area (Å²) in [6, 6.07) is 6.16. The van der Waals surface area contributed by atoms with Gasteiger partial charge in [0.15, 0.2) is 0 Å². The minimum atomic E-state index is 1.00. The summed E-state index contributed by atoms with van der Waals surface area (Å²) in [5.41, 5.74) is 0. The summed E-state index contributed by atoms with van der Waals surface area (Å²) >= 11 is 6.12. The van der Waals surface area contributed by atoms with Crippen molar-refractivity contribution in [3.05, 3.63) is 23.1 Å². The van der Waals surface area contributed by atoms with Crippen molar-refractivity contribution in [2.75, 3.05) is 7.11 Å². The number of thiophene rings is 1. The van der Waals surface area contributed by atoms with Gasteiger partial charge in [-0.15, -0.1) is 24.0 Å². The third-order valence-corrected chi connectivity index (χ3v) is 3.78. The molecule has 1 heterocycles. The lowest BCUT2D eigenvalue weighted by Gasteiger charge is -1.99. The Labute approximate surface area is 93.1 Å². The van der Waals surface area contributed by atoms with E-state index in [1.165, 1.54) is 15.0 Å². The summed E-state index contributed by atoms with van der Waals surface area (Å²) in [6.45, 7) is 2.15. The first-order valence-corrected chi connectivity index (χ1v) is 5.81. The molecule has 14 heavy (non-hydrogen) atoms. The second-order valence-electron chi connectivity index (χ2n) is 3.09. The molecule has 1 aromatic carbocycles. The zero-order chi connectivity index (χ0) is 10.1. The highest BCUT2D eigenvalue weighted by molar-refractivity contribution is 7.80. The minimum Gasteiger partial charge on any atom is -0.495 e. The molecule has 0 spiro atoms. The van der Waals surface area contributed by atoms with Crippen LogP contribution in [0, 0.1) is 0 Å². The van der Waals surface area contributed by atoms with Gasteiger partial charge < -0.3 is 4.74 Å². The molecule has 2 rings (SSSR count). The molecular weight excluding hydrogens is 212 g/mol. The number of hydrogen-bond acceptors (Lipinski definition) is 3. The van der Waals surface area contributed by atoms with Crippen LogP contribution in [0.15, 0.2) is 23.1 Å². The van der Waals surface area contributed by atoms with E-state index in [2.05, 4.69) is 31.7 Å². The van der Waals surface area contributed by atoms with Gasteiger partial charge in [-0.2, -0.15) is 0 Å². The Bertz CT molecular complexity index is 460. The molecule has 0 saturated carbocycles. The lowest BCUT2D eigenvalue weighted by molar-refractivity contribution is 0.417. The van der Waals surface area contributed by atoms with Crippen LogP contribution in [0.1, 0.15) is 11.8 Å². The van der Waals surface area contributed by atoms with Crippen molar-refractivity contribution >= 4 is 34.1 Å². The normalized spacial score (nSPS) is 10.8. The first-order valence-electron chi connectivity index (χ1n) is 4.54. The maximum Gasteiger partial charge on any atom is 0.140 e. The van der Waals surface area contributed by atoms with Gasteiger partial charge in [-0.3, -0.25) is 0 Å².